The number of carboxylic acid groups (broad SMARTS) is 2. The second kappa shape index (κ2) is 12.0. The molecule has 4 amide bonds. The van der Waals surface area contributed by atoms with Crippen molar-refractivity contribution in [3.63, 3.8) is 0 Å². The highest BCUT2D eigenvalue weighted by Crippen LogP contribution is 2.19. The molecule has 1 aliphatic heterocycles. The Morgan fingerprint density at radius 3 is 2.22 bits per heavy atom. The minimum atomic E-state index is -1.32. The minimum absolute atomic E-state index is 0.212. The van der Waals surface area contributed by atoms with Crippen LogP contribution < -0.4 is 22.1 Å². The Morgan fingerprint density at radius 2 is 1.72 bits per heavy atom. The van der Waals surface area contributed by atoms with E-state index in [0.717, 1.165) is 0 Å². The summed E-state index contributed by atoms with van der Waals surface area (Å²) in [5.41, 5.74) is 10.8. The molecule has 0 aromatic carbocycles. The summed E-state index contributed by atoms with van der Waals surface area (Å²) in [6.07, 6.45) is -0.363. The van der Waals surface area contributed by atoms with Crippen LogP contribution in [0.3, 0.4) is 0 Å². The van der Waals surface area contributed by atoms with Crippen molar-refractivity contribution in [2.45, 2.75) is 70.1 Å². The number of nitrogens with two attached hydrogens (primary N) is 2. The molecular formula is C19H31N5O8. The van der Waals surface area contributed by atoms with Gasteiger partial charge < -0.3 is 37.2 Å². The average molecular weight is 457 g/mol. The zero-order valence-electron chi connectivity index (χ0n) is 18.1. The van der Waals surface area contributed by atoms with Crippen molar-refractivity contribution in [2.24, 2.45) is 17.4 Å². The van der Waals surface area contributed by atoms with E-state index in [2.05, 4.69) is 10.6 Å². The Labute approximate surface area is 184 Å². The first kappa shape index (κ1) is 26.8. The van der Waals surface area contributed by atoms with E-state index in [9.17, 15) is 33.9 Å². The number of likely N-dealkylation sites (tertiary alicyclic amines) is 1. The van der Waals surface area contributed by atoms with Gasteiger partial charge in [0, 0.05) is 13.0 Å². The van der Waals surface area contributed by atoms with Gasteiger partial charge in [-0.3, -0.25) is 24.0 Å². The van der Waals surface area contributed by atoms with Gasteiger partial charge in [-0.05, 0) is 25.2 Å². The smallest absolute Gasteiger partial charge is 0.326 e. The number of nitrogens with one attached hydrogen (secondary N) is 2. The molecular weight excluding hydrogens is 426 g/mol. The lowest BCUT2D eigenvalue weighted by atomic mass is 10.0. The zero-order chi connectivity index (χ0) is 24.6. The SMILES string of the molecule is CC(C)C(NC(=O)C(CCC(=O)O)NC(=O)C1CCCN1C(=O)C(N)CC(N)=O)C(=O)O. The van der Waals surface area contributed by atoms with Crippen LogP contribution in [-0.4, -0.2) is 81.4 Å². The maximum atomic E-state index is 12.8. The molecule has 0 spiro atoms. The van der Waals surface area contributed by atoms with Gasteiger partial charge in [0.05, 0.1) is 12.5 Å². The number of hydrogen-bond acceptors (Lipinski definition) is 7. The summed E-state index contributed by atoms with van der Waals surface area (Å²) in [6, 6.07) is -4.74. The summed E-state index contributed by atoms with van der Waals surface area (Å²) in [7, 11) is 0. The number of rotatable bonds is 12. The maximum absolute atomic E-state index is 12.8. The molecule has 8 N–H and O–H groups in total. The maximum Gasteiger partial charge on any atom is 0.326 e. The van der Waals surface area contributed by atoms with Crippen LogP contribution in [0.4, 0.5) is 0 Å². The zero-order valence-corrected chi connectivity index (χ0v) is 18.1. The highest BCUT2D eigenvalue weighted by molar-refractivity contribution is 5.95. The first-order valence-corrected chi connectivity index (χ1v) is 10.2. The summed E-state index contributed by atoms with van der Waals surface area (Å²) >= 11 is 0. The van der Waals surface area contributed by atoms with Crippen molar-refractivity contribution in [3.8, 4) is 0 Å². The Morgan fingerprint density at radius 1 is 1.09 bits per heavy atom. The largest absolute Gasteiger partial charge is 0.481 e. The first-order chi connectivity index (χ1) is 14.8. The van der Waals surface area contributed by atoms with Gasteiger partial charge in [-0.2, -0.15) is 0 Å². The lowest BCUT2D eigenvalue weighted by Crippen LogP contribution is -2.57. The molecule has 13 nitrogen and oxygen atoms in total. The Hall–Kier alpha value is -3.22. The van der Waals surface area contributed by atoms with Crippen molar-refractivity contribution in [3.05, 3.63) is 0 Å². The number of amides is 4. The first-order valence-electron chi connectivity index (χ1n) is 10.2. The van der Waals surface area contributed by atoms with Crippen LogP contribution in [0.15, 0.2) is 0 Å². The van der Waals surface area contributed by atoms with Crippen LogP contribution in [0.5, 0.6) is 0 Å². The second-order valence-electron chi connectivity index (χ2n) is 8.03. The van der Waals surface area contributed by atoms with E-state index in [-0.39, 0.29) is 25.8 Å². The van der Waals surface area contributed by atoms with Crippen molar-refractivity contribution in [1.29, 1.82) is 0 Å². The summed E-state index contributed by atoms with van der Waals surface area (Å²) < 4.78 is 0. The van der Waals surface area contributed by atoms with E-state index in [1.807, 2.05) is 0 Å². The van der Waals surface area contributed by atoms with Crippen LogP contribution in [-0.2, 0) is 28.8 Å². The number of carbonyl (C=O) groups excluding carboxylic acids is 4. The third-order valence-corrected chi connectivity index (χ3v) is 5.09. The van der Waals surface area contributed by atoms with Crippen LogP contribution in [0.25, 0.3) is 0 Å². The highest BCUT2D eigenvalue weighted by atomic mass is 16.4. The molecule has 13 heteroatoms. The van der Waals surface area contributed by atoms with E-state index >= 15 is 0 Å². The summed E-state index contributed by atoms with van der Waals surface area (Å²) in [6.45, 7) is 3.38. The van der Waals surface area contributed by atoms with Crippen molar-refractivity contribution in [1.82, 2.24) is 15.5 Å². The number of carboxylic acids is 2. The van der Waals surface area contributed by atoms with Crippen LogP contribution in [0, 0.1) is 5.92 Å². The van der Waals surface area contributed by atoms with Gasteiger partial charge >= 0.3 is 11.9 Å². The molecule has 0 aromatic rings. The number of hydrogen-bond donors (Lipinski definition) is 6. The third kappa shape index (κ3) is 7.80. The summed E-state index contributed by atoms with van der Waals surface area (Å²) in [5, 5.41) is 23.0. The molecule has 0 aromatic heterocycles. The van der Waals surface area contributed by atoms with E-state index in [4.69, 9.17) is 16.6 Å². The lowest BCUT2D eigenvalue weighted by Gasteiger charge is -2.28. The van der Waals surface area contributed by atoms with Crippen molar-refractivity contribution < 1.29 is 39.0 Å². The van der Waals surface area contributed by atoms with Gasteiger partial charge in [-0.1, -0.05) is 13.8 Å². The predicted molar refractivity (Wildman–Crippen MR) is 110 cm³/mol. The average Bonchev–Trinajstić information content (AvgIpc) is 3.16. The fraction of sp³-hybridized carbons (Fsp3) is 0.684. The van der Waals surface area contributed by atoms with Gasteiger partial charge in [-0.15, -0.1) is 0 Å². The van der Waals surface area contributed by atoms with Gasteiger partial charge in [0.15, 0.2) is 0 Å². The summed E-state index contributed by atoms with van der Waals surface area (Å²) in [4.78, 5) is 72.6. The van der Waals surface area contributed by atoms with Gasteiger partial charge in [0.1, 0.15) is 18.1 Å². The highest BCUT2D eigenvalue weighted by Gasteiger charge is 2.38. The molecule has 0 aliphatic carbocycles. The normalized spacial score (nSPS) is 18.5. The monoisotopic (exact) mass is 457 g/mol. The van der Waals surface area contributed by atoms with Crippen LogP contribution in [0.2, 0.25) is 0 Å². The van der Waals surface area contributed by atoms with E-state index in [0.29, 0.717) is 6.42 Å². The van der Waals surface area contributed by atoms with Crippen LogP contribution in [0.1, 0.15) is 46.0 Å². The van der Waals surface area contributed by atoms with Crippen LogP contribution >= 0.6 is 0 Å². The van der Waals surface area contributed by atoms with Gasteiger partial charge in [0.25, 0.3) is 0 Å². The summed E-state index contributed by atoms with van der Waals surface area (Å²) in [5.74, 6) is -5.89. The molecule has 32 heavy (non-hydrogen) atoms. The fourth-order valence-electron chi connectivity index (χ4n) is 3.39. The molecule has 180 valence electrons. The Kier molecular flexibility index (Phi) is 10.0. The number of nitrogens with zero attached hydrogens (tertiary/aromatic N) is 1. The molecule has 0 bridgehead atoms. The van der Waals surface area contributed by atoms with E-state index in [1.54, 1.807) is 13.8 Å². The molecule has 1 aliphatic rings. The third-order valence-electron chi connectivity index (χ3n) is 5.09. The standard InChI is InChI=1S/C19H31N5O8/c1-9(2)15(19(31)32)23-16(28)11(5-6-14(26)27)22-17(29)12-4-3-7-24(12)18(30)10(20)8-13(21)25/h9-12,15H,3-8,20H2,1-2H3,(H2,21,25)(H,22,29)(H,23,28)(H,26,27)(H,31,32). The van der Waals surface area contributed by atoms with Gasteiger partial charge in [-0.25, -0.2) is 4.79 Å². The topological polar surface area (TPSA) is 222 Å². The fourth-order valence-corrected chi connectivity index (χ4v) is 3.39. The number of carbonyl (C=O) groups is 6. The lowest BCUT2D eigenvalue weighted by molar-refractivity contribution is -0.144. The molecule has 4 unspecified atom stereocenters. The van der Waals surface area contributed by atoms with E-state index < -0.39 is 72.1 Å². The number of aliphatic carboxylic acids is 2. The van der Waals surface area contributed by atoms with Crippen molar-refractivity contribution in [2.75, 3.05) is 6.54 Å². The van der Waals surface area contributed by atoms with E-state index in [1.165, 1.54) is 4.90 Å². The van der Waals surface area contributed by atoms with Crippen molar-refractivity contribution >= 4 is 35.6 Å². The molecule has 1 heterocycles. The molecule has 1 fully saturated rings. The molecule has 1 saturated heterocycles. The molecule has 1 rings (SSSR count). The predicted octanol–water partition coefficient (Wildman–Crippen LogP) is -2.24. The molecule has 0 radical (unpaired) electrons. The second-order valence-corrected chi connectivity index (χ2v) is 8.03. The minimum Gasteiger partial charge on any atom is -0.481 e. The molecule has 0 saturated carbocycles. The van der Waals surface area contributed by atoms with Gasteiger partial charge in [0.2, 0.25) is 23.6 Å². The number of primary amides is 1. The Bertz CT molecular complexity index is 756. The Balaban J connectivity index is 2.95. The molecule has 4 atom stereocenters. The quantitative estimate of drug-likeness (QED) is 0.186.